The van der Waals surface area contributed by atoms with Gasteiger partial charge in [-0.3, -0.25) is 4.79 Å². The predicted molar refractivity (Wildman–Crippen MR) is 105 cm³/mol. The third-order valence-electron chi connectivity index (χ3n) is 5.18. The predicted octanol–water partition coefficient (Wildman–Crippen LogP) is 3.41. The molecule has 0 bridgehead atoms. The molecule has 0 aliphatic carbocycles. The first-order valence-electron chi connectivity index (χ1n) is 9.19. The van der Waals surface area contributed by atoms with Gasteiger partial charge in [-0.25, -0.2) is 0 Å². The third kappa shape index (κ3) is 4.25. The summed E-state index contributed by atoms with van der Waals surface area (Å²) in [5, 5.41) is 3.48. The van der Waals surface area contributed by atoms with Gasteiger partial charge in [0.1, 0.15) is 11.5 Å². The highest BCUT2D eigenvalue weighted by Gasteiger charge is 2.24. The van der Waals surface area contributed by atoms with Crippen LogP contribution in [0.4, 0.5) is 0 Å². The van der Waals surface area contributed by atoms with Crippen molar-refractivity contribution in [2.24, 2.45) is 0 Å². The van der Waals surface area contributed by atoms with Gasteiger partial charge < -0.3 is 19.5 Å². The Bertz CT molecular complexity index is 831. The molecule has 2 aromatic carbocycles. The molecule has 27 heavy (non-hydrogen) atoms. The fourth-order valence-electron chi connectivity index (χ4n) is 3.66. The molecular formula is C22H27NO4. The largest absolute Gasteiger partial charge is 0.497 e. The van der Waals surface area contributed by atoms with Crippen LogP contribution in [0.25, 0.3) is 0 Å². The van der Waals surface area contributed by atoms with Crippen molar-refractivity contribution in [3.8, 4) is 17.2 Å². The van der Waals surface area contributed by atoms with E-state index in [1.54, 1.807) is 21.3 Å². The number of hydrogen-bond acceptors (Lipinski definition) is 5. The Kier molecular flexibility index (Phi) is 6.01. The summed E-state index contributed by atoms with van der Waals surface area (Å²) in [5.41, 5.74) is 4.46. The van der Waals surface area contributed by atoms with Gasteiger partial charge in [0.05, 0.1) is 21.3 Å². The maximum Gasteiger partial charge on any atom is 0.161 e. The summed E-state index contributed by atoms with van der Waals surface area (Å²) in [5.74, 6) is 2.46. The van der Waals surface area contributed by atoms with E-state index in [9.17, 15) is 4.79 Å². The van der Waals surface area contributed by atoms with Crippen LogP contribution in [0.5, 0.6) is 17.2 Å². The smallest absolute Gasteiger partial charge is 0.161 e. The number of hydrogen-bond donors (Lipinski definition) is 1. The van der Waals surface area contributed by atoms with Crippen LogP contribution in [0.1, 0.15) is 34.7 Å². The fraction of sp³-hybridized carbons (Fsp3) is 0.409. The van der Waals surface area contributed by atoms with Crippen LogP contribution in [-0.4, -0.2) is 33.7 Å². The average Bonchev–Trinajstić information content (AvgIpc) is 2.68. The second-order valence-electron chi connectivity index (χ2n) is 6.87. The minimum Gasteiger partial charge on any atom is -0.497 e. The lowest BCUT2D eigenvalue weighted by atomic mass is 9.89. The Balaban J connectivity index is 1.76. The third-order valence-corrected chi connectivity index (χ3v) is 5.18. The molecule has 1 unspecified atom stereocenters. The zero-order chi connectivity index (χ0) is 19.4. The van der Waals surface area contributed by atoms with Gasteiger partial charge in [-0.05, 0) is 66.4 Å². The molecule has 144 valence electrons. The maximum atomic E-state index is 12.7. The molecular weight excluding hydrogens is 342 g/mol. The lowest BCUT2D eigenvalue weighted by Crippen LogP contribution is -2.31. The molecule has 1 aliphatic heterocycles. The molecule has 1 N–H and O–H groups in total. The fourth-order valence-corrected chi connectivity index (χ4v) is 3.66. The molecule has 5 heteroatoms. The molecule has 0 saturated carbocycles. The average molecular weight is 369 g/mol. The number of ether oxygens (including phenoxy) is 3. The highest BCUT2D eigenvalue weighted by atomic mass is 16.5. The lowest BCUT2D eigenvalue weighted by Gasteiger charge is -2.28. The SMILES string of the molecule is COc1ccc(CC(=O)CC2NCCc3cc(OC)c(OC)cc32)c(C)c1. The number of benzene rings is 2. The molecule has 2 aromatic rings. The maximum absolute atomic E-state index is 12.7. The number of rotatable bonds is 7. The number of aryl methyl sites for hydroxylation is 1. The first kappa shape index (κ1) is 19.2. The molecule has 1 aliphatic rings. The van der Waals surface area contributed by atoms with E-state index in [-0.39, 0.29) is 11.8 Å². The van der Waals surface area contributed by atoms with Gasteiger partial charge in [0.2, 0.25) is 0 Å². The van der Waals surface area contributed by atoms with Gasteiger partial charge in [-0.2, -0.15) is 0 Å². The van der Waals surface area contributed by atoms with Gasteiger partial charge in [0.25, 0.3) is 0 Å². The number of methoxy groups -OCH3 is 3. The molecule has 0 radical (unpaired) electrons. The van der Waals surface area contributed by atoms with Crippen LogP contribution in [0.2, 0.25) is 0 Å². The highest BCUT2D eigenvalue weighted by molar-refractivity contribution is 5.82. The van der Waals surface area contributed by atoms with Crippen molar-refractivity contribution in [1.29, 1.82) is 0 Å². The Morgan fingerprint density at radius 1 is 1.07 bits per heavy atom. The van der Waals surface area contributed by atoms with E-state index in [0.717, 1.165) is 41.2 Å². The van der Waals surface area contributed by atoms with E-state index in [2.05, 4.69) is 5.32 Å². The van der Waals surface area contributed by atoms with Crippen molar-refractivity contribution < 1.29 is 19.0 Å². The van der Waals surface area contributed by atoms with Gasteiger partial charge in [0, 0.05) is 18.9 Å². The summed E-state index contributed by atoms with van der Waals surface area (Å²) in [6.07, 6.45) is 1.79. The van der Waals surface area contributed by atoms with Gasteiger partial charge in [-0.15, -0.1) is 0 Å². The minimum atomic E-state index is -0.000361. The van der Waals surface area contributed by atoms with E-state index < -0.39 is 0 Å². The summed E-state index contributed by atoms with van der Waals surface area (Å²) < 4.78 is 16.1. The summed E-state index contributed by atoms with van der Waals surface area (Å²) in [4.78, 5) is 12.7. The Labute approximate surface area is 160 Å². The number of nitrogens with one attached hydrogen (secondary N) is 1. The zero-order valence-electron chi connectivity index (χ0n) is 16.4. The van der Waals surface area contributed by atoms with Crippen molar-refractivity contribution >= 4 is 5.78 Å². The first-order chi connectivity index (χ1) is 13.0. The molecule has 0 saturated heterocycles. The van der Waals surface area contributed by atoms with Crippen LogP contribution < -0.4 is 19.5 Å². The normalized spacial score (nSPS) is 15.8. The minimum absolute atomic E-state index is 0.000361. The molecule has 0 fully saturated rings. The van der Waals surface area contributed by atoms with Crippen LogP contribution >= 0.6 is 0 Å². The highest BCUT2D eigenvalue weighted by Crippen LogP contribution is 2.36. The van der Waals surface area contributed by atoms with Crippen LogP contribution in [0.3, 0.4) is 0 Å². The van der Waals surface area contributed by atoms with Crippen LogP contribution in [0, 0.1) is 6.92 Å². The second-order valence-corrected chi connectivity index (χ2v) is 6.87. The number of fused-ring (bicyclic) bond motifs is 1. The zero-order valence-corrected chi connectivity index (χ0v) is 16.4. The van der Waals surface area contributed by atoms with Gasteiger partial charge in [0.15, 0.2) is 11.5 Å². The molecule has 0 aromatic heterocycles. The van der Waals surface area contributed by atoms with Crippen molar-refractivity contribution in [3.05, 3.63) is 52.6 Å². The van der Waals surface area contributed by atoms with Gasteiger partial charge in [-0.1, -0.05) is 6.07 Å². The van der Waals surface area contributed by atoms with E-state index in [1.807, 2.05) is 37.3 Å². The van der Waals surface area contributed by atoms with Gasteiger partial charge >= 0.3 is 0 Å². The number of ketones is 1. The number of carbonyl (C=O) groups excluding carboxylic acids is 1. The molecule has 1 heterocycles. The van der Waals surface area contributed by atoms with Crippen molar-refractivity contribution in [1.82, 2.24) is 5.32 Å². The summed E-state index contributed by atoms with van der Waals surface area (Å²) >= 11 is 0. The standard InChI is InChI=1S/C22H27NO4/c1-14-9-18(25-2)6-5-15(14)10-17(24)12-20-19-13-22(27-4)21(26-3)11-16(19)7-8-23-20/h5-6,9,11,13,20,23H,7-8,10,12H2,1-4H3. The number of Topliss-reactive ketones (excluding diaryl/α,β-unsaturated/α-hetero) is 1. The quantitative estimate of drug-likeness (QED) is 0.811. The second kappa shape index (κ2) is 8.44. The van der Waals surface area contributed by atoms with Crippen molar-refractivity contribution in [3.63, 3.8) is 0 Å². The lowest BCUT2D eigenvalue weighted by molar-refractivity contribution is -0.119. The first-order valence-corrected chi connectivity index (χ1v) is 9.19. The molecule has 0 spiro atoms. The number of carbonyl (C=O) groups is 1. The Morgan fingerprint density at radius 3 is 2.48 bits per heavy atom. The topological polar surface area (TPSA) is 56.8 Å². The molecule has 1 atom stereocenters. The van der Waals surface area contributed by atoms with Crippen LogP contribution in [-0.2, 0) is 17.6 Å². The van der Waals surface area contributed by atoms with Crippen LogP contribution in [0.15, 0.2) is 30.3 Å². The Morgan fingerprint density at radius 2 is 1.81 bits per heavy atom. The molecule has 0 amide bonds. The van der Waals surface area contributed by atoms with Crippen molar-refractivity contribution in [2.45, 2.75) is 32.2 Å². The van der Waals surface area contributed by atoms with E-state index >= 15 is 0 Å². The van der Waals surface area contributed by atoms with Crippen molar-refractivity contribution in [2.75, 3.05) is 27.9 Å². The molecule has 5 nitrogen and oxygen atoms in total. The summed E-state index contributed by atoms with van der Waals surface area (Å²) in [7, 11) is 4.92. The molecule has 3 rings (SSSR count). The van der Waals surface area contributed by atoms with E-state index in [0.29, 0.717) is 18.6 Å². The van der Waals surface area contributed by atoms with E-state index in [1.165, 1.54) is 5.56 Å². The monoisotopic (exact) mass is 369 g/mol. The summed E-state index contributed by atoms with van der Waals surface area (Å²) in [6, 6.07) is 9.87. The summed E-state index contributed by atoms with van der Waals surface area (Å²) in [6.45, 7) is 2.86. The van der Waals surface area contributed by atoms with E-state index in [4.69, 9.17) is 14.2 Å². The Hall–Kier alpha value is -2.53.